The molecule has 1 aliphatic heterocycles. The van der Waals surface area contributed by atoms with Crippen molar-refractivity contribution >= 4 is 6.03 Å². The molecule has 0 saturated carbocycles. The molecule has 0 aromatic rings. The number of likely N-dealkylation sites (tertiary alicyclic amines) is 1. The molecule has 1 rings (SSSR count). The van der Waals surface area contributed by atoms with Gasteiger partial charge in [-0.25, -0.2) is 9.80 Å². The number of amides is 2. The van der Waals surface area contributed by atoms with Gasteiger partial charge in [0, 0.05) is 34.2 Å². The quantitative estimate of drug-likeness (QED) is 0.551. The molecule has 2 amide bonds. The van der Waals surface area contributed by atoms with Crippen LogP contribution in [0.1, 0.15) is 19.3 Å². The first-order valence-corrected chi connectivity index (χ1v) is 4.83. The van der Waals surface area contributed by atoms with Crippen LogP contribution < -0.4 is 0 Å². The van der Waals surface area contributed by atoms with Crippen LogP contribution in [0.4, 0.5) is 4.79 Å². The highest BCUT2D eigenvalue weighted by molar-refractivity contribution is 5.73. The molecular formula is C9H23N3O3. The minimum atomic E-state index is 0. The molecule has 4 N–H and O–H groups in total. The summed E-state index contributed by atoms with van der Waals surface area (Å²) < 4.78 is 0. The van der Waals surface area contributed by atoms with Crippen molar-refractivity contribution in [3.8, 4) is 0 Å². The summed E-state index contributed by atoms with van der Waals surface area (Å²) in [5, 5.41) is 3.45. The fraction of sp³-hybridized carbons (Fsp3) is 0.889. The number of urea groups is 1. The largest absolute Gasteiger partial charge is 0.412 e. The number of hydrogen-bond donors (Lipinski definition) is 0. The summed E-state index contributed by atoms with van der Waals surface area (Å²) in [6.07, 6.45) is 3.55. The third-order valence-electron chi connectivity index (χ3n) is 2.50. The average Bonchev–Trinajstić information content (AvgIpc) is 2.17. The summed E-state index contributed by atoms with van der Waals surface area (Å²) in [4.78, 5) is 13.7. The van der Waals surface area contributed by atoms with Crippen molar-refractivity contribution in [1.29, 1.82) is 0 Å². The minimum absolute atomic E-state index is 0. The molecule has 1 heterocycles. The van der Waals surface area contributed by atoms with Gasteiger partial charge in [0.05, 0.1) is 0 Å². The van der Waals surface area contributed by atoms with Crippen LogP contribution in [0.15, 0.2) is 0 Å². The van der Waals surface area contributed by atoms with Crippen molar-refractivity contribution in [3.63, 3.8) is 0 Å². The number of hydrogen-bond acceptors (Lipinski definition) is 2. The molecule has 15 heavy (non-hydrogen) atoms. The average molecular weight is 221 g/mol. The van der Waals surface area contributed by atoms with Gasteiger partial charge < -0.3 is 15.9 Å². The normalized spacial score (nSPS) is 15.3. The highest BCUT2D eigenvalue weighted by Gasteiger charge is 2.20. The van der Waals surface area contributed by atoms with E-state index >= 15 is 0 Å². The fourth-order valence-electron chi connectivity index (χ4n) is 1.46. The van der Waals surface area contributed by atoms with E-state index in [4.69, 9.17) is 0 Å². The van der Waals surface area contributed by atoms with Crippen LogP contribution in [0.5, 0.6) is 0 Å². The third kappa shape index (κ3) is 4.46. The molecule has 0 radical (unpaired) electrons. The Hall–Kier alpha value is -0.850. The maximum atomic E-state index is 11.7. The number of rotatable bonds is 1. The second kappa shape index (κ2) is 7.44. The topological polar surface area (TPSA) is 89.8 Å². The van der Waals surface area contributed by atoms with Crippen LogP contribution in [0.3, 0.4) is 0 Å². The maximum absolute atomic E-state index is 11.7. The van der Waals surface area contributed by atoms with E-state index in [0.717, 1.165) is 25.9 Å². The van der Waals surface area contributed by atoms with Crippen LogP contribution >= 0.6 is 0 Å². The van der Waals surface area contributed by atoms with E-state index < -0.39 is 0 Å². The first-order chi connectivity index (χ1) is 6.13. The molecule has 1 saturated heterocycles. The van der Waals surface area contributed by atoms with Gasteiger partial charge in [-0.1, -0.05) is 0 Å². The number of nitrogens with zero attached hydrogens (tertiary/aromatic N) is 3. The fourth-order valence-corrected chi connectivity index (χ4v) is 1.46. The van der Waals surface area contributed by atoms with Gasteiger partial charge in [-0.05, 0) is 19.3 Å². The Labute approximate surface area is 91.0 Å². The van der Waals surface area contributed by atoms with Crippen molar-refractivity contribution in [1.82, 2.24) is 14.9 Å². The van der Waals surface area contributed by atoms with Crippen molar-refractivity contribution in [2.75, 3.05) is 34.2 Å². The minimum Gasteiger partial charge on any atom is -0.412 e. The molecule has 92 valence electrons. The first-order valence-electron chi connectivity index (χ1n) is 4.83. The van der Waals surface area contributed by atoms with E-state index in [0.29, 0.717) is 0 Å². The van der Waals surface area contributed by atoms with Crippen molar-refractivity contribution < 1.29 is 15.7 Å². The molecule has 6 nitrogen and oxygen atoms in total. The van der Waals surface area contributed by atoms with Crippen molar-refractivity contribution in [3.05, 3.63) is 0 Å². The first kappa shape index (κ1) is 16.6. The van der Waals surface area contributed by atoms with Crippen LogP contribution in [0.2, 0.25) is 0 Å². The van der Waals surface area contributed by atoms with Crippen LogP contribution in [0, 0.1) is 0 Å². The van der Waals surface area contributed by atoms with E-state index in [1.165, 1.54) is 6.42 Å². The van der Waals surface area contributed by atoms with Crippen molar-refractivity contribution in [2.24, 2.45) is 0 Å². The lowest BCUT2D eigenvalue weighted by atomic mass is 10.1. The summed E-state index contributed by atoms with van der Waals surface area (Å²) in [6, 6.07) is 0.115. The Morgan fingerprint density at radius 2 is 1.47 bits per heavy atom. The SMILES string of the molecule is CN(C)N(C)C(=O)N1CCCCC1.O.O. The molecule has 0 spiro atoms. The third-order valence-corrected chi connectivity index (χ3v) is 2.50. The Bertz CT molecular complexity index is 181. The van der Waals surface area contributed by atoms with E-state index in [9.17, 15) is 4.79 Å². The molecule has 1 aliphatic rings. The Morgan fingerprint density at radius 3 is 1.87 bits per heavy atom. The molecule has 6 heteroatoms. The van der Waals surface area contributed by atoms with Crippen LogP contribution in [-0.2, 0) is 0 Å². The second-order valence-corrected chi connectivity index (χ2v) is 3.70. The lowest BCUT2D eigenvalue weighted by Crippen LogP contribution is -2.48. The van der Waals surface area contributed by atoms with Crippen LogP contribution in [0.25, 0.3) is 0 Å². The van der Waals surface area contributed by atoms with Gasteiger partial charge in [0.25, 0.3) is 0 Å². The number of piperidine rings is 1. The molecular weight excluding hydrogens is 198 g/mol. The molecule has 0 atom stereocenters. The van der Waals surface area contributed by atoms with Crippen molar-refractivity contribution in [2.45, 2.75) is 19.3 Å². The van der Waals surface area contributed by atoms with Gasteiger partial charge in [-0.2, -0.15) is 0 Å². The van der Waals surface area contributed by atoms with E-state index in [2.05, 4.69) is 0 Å². The highest BCUT2D eigenvalue weighted by atomic mass is 16.2. The lowest BCUT2D eigenvalue weighted by molar-refractivity contribution is 0.0582. The van der Waals surface area contributed by atoms with E-state index in [1.54, 1.807) is 17.1 Å². The second-order valence-electron chi connectivity index (χ2n) is 3.70. The van der Waals surface area contributed by atoms with Gasteiger partial charge >= 0.3 is 6.03 Å². The Balaban J connectivity index is 0. The molecule has 0 aromatic carbocycles. The van der Waals surface area contributed by atoms with Gasteiger partial charge in [-0.15, -0.1) is 0 Å². The zero-order chi connectivity index (χ0) is 9.84. The zero-order valence-electron chi connectivity index (χ0n) is 9.79. The maximum Gasteiger partial charge on any atom is 0.334 e. The Morgan fingerprint density at radius 1 is 1.00 bits per heavy atom. The molecule has 0 aliphatic carbocycles. The van der Waals surface area contributed by atoms with Crippen LogP contribution in [-0.4, -0.2) is 66.1 Å². The van der Waals surface area contributed by atoms with Gasteiger partial charge in [0.15, 0.2) is 0 Å². The van der Waals surface area contributed by atoms with E-state index in [1.807, 2.05) is 19.0 Å². The number of carbonyl (C=O) groups is 1. The predicted molar refractivity (Wildman–Crippen MR) is 59.5 cm³/mol. The van der Waals surface area contributed by atoms with Gasteiger partial charge in [0.1, 0.15) is 0 Å². The smallest absolute Gasteiger partial charge is 0.334 e. The summed E-state index contributed by atoms with van der Waals surface area (Å²) >= 11 is 0. The molecule has 0 unspecified atom stereocenters. The molecule has 0 aromatic heterocycles. The monoisotopic (exact) mass is 221 g/mol. The standard InChI is InChI=1S/C9H19N3O.2H2O/c1-10(2)11(3)9(13)12-7-5-4-6-8-12;;/h4-8H2,1-3H3;2*1H2. The Kier molecular flexibility index (Phi) is 8.22. The van der Waals surface area contributed by atoms with Gasteiger partial charge in [-0.3, -0.25) is 5.01 Å². The van der Waals surface area contributed by atoms with Gasteiger partial charge in [0.2, 0.25) is 0 Å². The highest BCUT2D eigenvalue weighted by Crippen LogP contribution is 2.10. The molecule has 0 bridgehead atoms. The van der Waals surface area contributed by atoms with E-state index in [-0.39, 0.29) is 17.0 Å². The summed E-state index contributed by atoms with van der Waals surface area (Å²) in [5.41, 5.74) is 0. The number of carbonyl (C=O) groups excluding carboxylic acids is 1. The summed E-state index contributed by atoms with van der Waals surface area (Å²) in [7, 11) is 5.56. The number of hydrazine groups is 1. The molecule has 1 fully saturated rings. The predicted octanol–water partition coefficient (Wildman–Crippen LogP) is -0.649. The summed E-state index contributed by atoms with van der Waals surface area (Å²) in [6.45, 7) is 1.83. The summed E-state index contributed by atoms with van der Waals surface area (Å²) in [5.74, 6) is 0. The lowest BCUT2D eigenvalue weighted by Gasteiger charge is -2.33. The zero-order valence-corrected chi connectivity index (χ0v) is 9.79.